The first kappa shape index (κ1) is 42.1. The zero-order valence-electron chi connectivity index (χ0n) is 24.5. The van der Waals surface area contributed by atoms with E-state index in [9.17, 15) is 79.0 Å². The maximum atomic E-state index is 13.3. The van der Waals surface area contributed by atoms with E-state index in [1.807, 2.05) is 6.92 Å². The Hall–Kier alpha value is -3.10. The molecule has 0 aliphatic carbocycles. The normalized spacial score (nSPS) is 14.4. The lowest BCUT2D eigenvalue weighted by molar-refractivity contribution is -0.464. The highest BCUT2D eigenvalue weighted by atomic mass is 19.4. The smallest absolute Gasteiger partial charge is 0.435 e. The fraction of sp³-hybridized carbons (Fsp3) is 0.571. The molecule has 0 heterocycles. The third-order valence-corrected chi connectivity index (χ3v) is 6.88. The molecule has 0 amide bonds. The zero-order valence-corrected chi connectivity index (χ0v) is 24.5. The van der Waals surface area contributed by atoms with Crippen LogP contribution in [0.4, 0.5) is 79.0 Å². The van der Waals surface area contributed by atoms with Gasteiger partial charge < -0.3 is 14.2 Å². The molecule has 0 aromatic heterocycles. The van der Waals surface area contributed by atoms with E-state index in [0.29, 0.717) is 11.1 Å². The van der Waals surface area contributed by atoms with Gasteiger partial charge in [-0.3, -0.25) is 0 Å². The Kier molecular flexibility index (Phi) is 12.6. The number of aryl methyl sites for hydroxylation is 1. The van der Waals surface area contributed by atoms with E-state index in [1.54, 1.807) is 24.3 Å². The number of halogens is 18. The Bertz CT molecular complexity index is 1190. The molecule has 0 aliphatic heterocycles. The van der Waals surface area contributed by atoms with E-state index < -0.39 is 73.3 Å². The van der Waals surface area contributed by atoms with E-state index in [0.717, 1.165) is 55.5 Å². The van der Waals surface area contributed by atoms with Gasteiger partial charge in [0.1, 0.15) is 11.9 Å². The van der Waals surface area contributed by atoms with Crippen LogP contribution >= 0.6 is 0 Å². The van der Waals surface area contributed by atoms with Gasteiger partial charge in [0.25, 0.3) is 0 Å². The van der Waals surface area contributed by atoms with Crippen LogP contribution in [0.15, 0.2) is 48.5 Å². The van der Waals surface area contributed by atoms with E-state index in [-0.39, 0.29) is 0 Å². The molecule has 2 aromatic carbocycles. The molecule has 21 heteroatoms. The van der Waals surface area contributed by atoms with Crippen LogP contribution < -0.4 is 4.74 Å². The van der Waals surface area contributed by atoms with E-state index >= 15 is 0 Å². The molecule has 0 spiro atoms. The standard InChI is InChI=1S/C28H24F18O3/c1-2-3-4-5-16-6-8-17(9-7-16)18-10-12-19(13-11-18)49-20(14-47-21(23(29,30)31,24(32,33)34)25(35,36)37)15-48-22(26(38,39)40,27(41,42)43)28(44,45)46/h6-13,20H,2-5,14-15H2,1H3. The number of benzene rings is 2. The second kappa shape index (κ2) is 14.6. The molecule has 3 nitrogen and oxygen atoms in total. The Labute approximate surface area is 265 Å². The largest absolute Gasteiger partial charge is 0.486 e. The minimum atomic E-state index is -7.42. The maximum absolute atomic E-state index is 13.3. The first-order chi connectivity index (χ1) is 22.1. The molecular formula is C28H24F18O3. The Morgan fingerprint density at radius 1 is 0.469 bits per heavy atom. The molecule has 0 fully saturated rings. The van der Waals surface area contributed by atoms with Crippen molar-refractivity contribution in [2.45, 2.75) is 87.0 Å². The van der Waals surface area contributed by atoms with Crippen LogP contribution in [0.1, 0.15) is 31.7 Å². The third-order valence-electron chi connectivity index (χ3n) is 6.88. The molecule has 0 aliphatic rings. The average Bonchev–Trinajstić information content (AvgIpc) is 2.90. The minimum Gasteiger partial charge on any atom is -0.486 e. The predicted octanol–water partition coefficient (Wildman–Crippen LogP) is 10.7. The summed E-state index contributed by atoms with van der Waals surface area (Å²) in [5.74, 6) is -0.856. The van der Waals surface area contributed by atoms with Gasteiger partial charge in [0, 0.05) is 0 Å². The van der Waals surface area contributed by atoms with Gasteiger partial charge in [-0.25, -0.2) is 0 Å². The second-order valence-electron chi connectivity index (χ2n) is 10.4. The summed E-state index contributed by atoms with van der Waals surface area (Å²) in [6, 6.07) is 10.4. The molecule has 0 N–H and O–H groups in total. The first-order valence-corrected chi connectivity index (χ1v) is 13.6. The number of unbranched alkanes of at least 4 members (excludes halogenated alkanes) is 2. The molecule has 0 atom stereocenters. The quantitative estimate of drug-likeness (QED) is 0.151. The van der Waals surface area contributed by atoms with Crippen molar-refractivity contribution in [3.63, 3.8) is 0 Å². The summed E-state index contributed by atoms with van der Waals surface area (Å²) in [5, 5.41) is 0. The Balaban J connectivity index is 2.54. The van der Waals surface area contributed by atoms with Crippen molar-refractivity contribution < 1.29 is 93.2 Å². The van der Waals surface area contributed by atoms with Crippen LogP contribution in [-0.4, -0.2) is 67.6 Å². The average molecular weight is 750 g/mol. The predicted molar refractivity (Wildman–Crippen MR) is 133 cm³/mol. The summed E-state index contributed by atoms with van der Waals surface area (Å²) in [6.45, 7) is -3.70. The Morgan fingerprint density at radius 2 is 0.796 bits per heavy atom. The number of ether oxygens (including phenoxy) is 3. The van der Waals surface area contributed by atoms with Crippen molar-refractivity contribution >= 4 is 0 Å². The molecule has 49 heavy (non-hydrogen) atoms. The maximum Gasteiger partial charge on any atom is 0.435 e. The molecular weight excluding hydrogens is 726 g/mol. The van der Waals surface area contributed by atoms with Crippen LogP contribution in [0.5, 0.6) is 5.75 Å². The van der Waals surface area contributed by atoms with Gasteiger partial charge in [-0.15, -0.1) is 0 Å². The molecule has 0 saturated heterocycles. The van der Waals surface area contributed by atoms with Gasteiger partial charge in [0.05, 0.1) is 13.2 Å². The fourth-order valence-corrected chi connectivity index (χ4v) is 4.37. The van der Waals surface area contributed by atoms with Crippen LogP contribution in [0.3, 0.4) is 0 Å². The zero-order chi connectivity index (χ0) is 37.9. The molecule has 0 saturated carbocycles. The van der Waals surface area contributed by atoms with Crippen molar-refractivity contribution in [1.29, 1.82) is 0 Å². The van der Waals surface area contributed by atoms with Gasteiger partial charge in [-0.05, 0) is 41.7 Å². The number of rotatable bonds is 13. The van der Waals surface area contributed by atoms with Crippen molar-refractivity contribution in [2.24, 2.45) is 0 Å². The summed E-state index contributed by atoms with van der Waals surface area (Å²) in [4.78, 5) is 0. The third kappa shape index (κ3) is 8.99. The summed E-state index contributed by atoms with van der Waals surface area (Å²) >= 11 is 0. The summed E-state index contributed by atoms with van der Waals surface area (Å²) in [6.07, 6.45) is -44.3. The minimum absolute atomic E-state index is 0.298. The van der Waals surface area contributed by atoms with Crippen molar-refractivity contribution in [3.05, 3.63) is 54.1 Å². The van der Waals surface area contributed by atoms with Crippen molar-refractivity contribution in [2.75, 3.05) is 13.2 Å². The van der Waals surface area contributed by atoms with Gasteiger partial charge >= 0.3 is 48.3 Å². The van der Waals surface area contributed by atoms with Gasteiger partial charge in [0.15, 0.2) is 0 Å². The van der Waals surface area contributed by atoms with E-state index in [1.165, 1.54) is 0 Å². The SMILES string of the molecule is CCCCCc1ccc(-c2ccc(OC(COC(C(F)(F)F)(C(F)(F)F)C(F)(F)F)COC(C(F)(F)F)(C(F)(F)F)C(F)(F)F)cc2)cc1. The highest BCUT2D eigenvalue weighted by Gasteiger charge is 2.87. The van der Waals surface area contributed by atoms with Crippen LogP contribution in [-0.2, 0) is 15.9 Å². The lowest BCUT2D eigenvalue weighted by atomic mass is 10.0. The van der Waals surface area contributed by atoms with Crippen LogP contribution in [0.2, 0.25) is 0 Å². The highest BCUT2D eigenvalue weighted by molar-refractivity contribution is 5.64. The summed E-state index contributed by atoms with van der Waals surface area (Å²) in [5.41, 5.74) is -12.5. The fourth-order valence-electron chi connectivity index (χ4n) is 4.37. The van der Waals surface area contributed by atoms with Gasteiger partial charge in [-0.2, -0.15) is 79.0 Å². The molecule has 2 aromatic rings. The second-order valence-corrected chi connectivity index (χ2v) is 10.4. The molecule has 0 unspecified atom stereocenters. The monoisotopic (exact) mass is 750 g/mol. The highest BCUT2D eigenvalue weighted by Crippen LogP contribution is 2.56. The number of alkyl halides is 18. The molecule has 2 rings (SSSR count). The van der Waals surface area contributed by atoms with Crippen molar-refractivity contribution in [3.8, 4) is 16.9 Å². The van der Waals surface area contributed by atoms with Crippen LogP contribution in [0.25, 0.3) is 11.1 Å². The number of hydrogen-bond acceptors (Lipinski definition) is 3. The molecule has 0 radical (unpaired) electrons. The Morgan fingerprint density at radius 3 is 1.10 bits per heavy atom. The summed E-state index contributed by atoms with van der Waals surface area (Å²) in [7, 11) is 0. The lowest BCUT2D eigenvalue weighted by Crippen LogP contribution is -2.69. The topological polar surface area (TPSA) is 27.7 Å². The lowest BCUT2D eigenvalue weighted by Gasteiger charge is -2.40. The first-order valence-electron chi connectivity index (χ1n) is 13.6. The van der Waals surface area contributed by atoms with Crippen molar-refractivity contribution in [1.82, 2.24) is 0 Å². The van der Waals surface area contributed by atoms with Crippen LogP contribution in [0, 0.1) is 0 Å². The van der Waals surface area contributed by atoms with E-state index in [4.69, 9.17) is 4.74 Å². The van der Waals surface area contributed by atoms with Gasteiger partial charge in [-0.1, -0.05) is 56.2 Å². The summed E-state index contributed by atoms with van der Waals surface area (Å²) < 4.78 is 251. The molecule has 280 valence electrons. The van der Waals surface area contributed by atoms with Gasteiger partial charge in [0.2, 0.25) is 0 Å². The van der Waals surface area contributed by atoms with E-state index in [2.05, 4.69) is 9.47 Å². The molecule has 0 bridgehead atoms. The number of hydrogen-bond donors (Lipinski definition) is 0.